The Morgan fingerprint density at radius 2 is 1.77 bits per heavy atom. The number of hydrogen-bond acceptors (Lipinski definition) is 5. The fourth-order valence-electron chi connectivity index (χ4n) is 3.99. The van der Waals surface area contributed by atoms with Crippen LogP contribution < -0.4 is 0 Å². The summed E-state index contributed by atoms with van der Waals surface area (Å²) >= 11 is 5.95. The van der Waals surface area contributed by atoms with Gasteiger partial charge in [-0.1, -0.05) is 18.0 Å². The third-order valence-electron chi connectivity index (χ3n) is 5.87. The molecule has 2 fully saturated rings. The molecule has 0 spiro atoms. The fraction of sp³-hybridized carbons (Fsp3) is 0.667. The number of hydrogen-bond donors (Lipinski definition) is 0. The lowest BCUT2D eigenvalue weighted by molar-refractivity contribution is 0.0621. The van der Waals surface area contributed by atoms with Crippen LogP contribution >= 0.6 is 11.6 Å². The molecule has 1 aromatic rings. The summed E-state index contributed by atoms with van der Waals surface area (Å²) in [5.74, 6) is 0.397. The number of likely N-dealkylation sites (N-methyl/N-ethyl adjacent to an activating group) is 2. The third-order valence-corrected chi connectivity index (χ3v) is 8.12. The quantitative estimate of drug-likeness (QED) is 0.599. The second-order valence-corrected chi connectivity index (χ2v) is 10.9. The Morgan fingerprint density at radius 1 is 1.10 bits per heavy atom. The molecule has 0 N–H and O–H groups in total. The number of carbonyl (C=O) groups is 1. The lowest BCUT2D eigenvalue weighted by atomic mass is 9.96. The second kappa shape index (κ2) is 9.85. The third kappa shape index (κ3) is 5.66. The molecule has 30 heavy (non-hydrogen) atoms. The lowest BCUT2D eigenvalue weighted by Gasteiger charge is -2.41. The summed E-state index contributed by atoms with van der Waals surface area (Å²) < 4.78 is 34.2. The molecule has 2 atom stereocenters. The zero-order valence-corrected chi connectivity index (χ0v) is 19.5. The van der Waals surface area contributed by atoms with Crippen LogP contribution in [0.2, 0.25) is 5.02 Å². The molecule has 3 rings (SSSR count). The van der Waals surface area contributed by atoms with Gasteiger partial charge >= 0.3 is 6.09 Å². The average Bonchev–Trinajstić information content (AvgIpc) is 3.55. The topological polar surface area (TPSA) is 70.2 Å². The Morgan fingerprint density at radius 3 is 2.37 bits per heavy atom. The maximum Gasteiger partial charge on any atom is 0.409 e. The van der Waals surface area contributed by atoms with E-state index in [1.165, 1.54) is 4.90 Å². The number of nitrogens with zero attached hydrogens (tertiary/aromatic N) is 3. The Kier molecular flexibility index (Phi) is 7.66. The molecule has 9 heteroatoms. The molecule has 0 bridgehead atoms. The highest BCUT2D eigenvalue weighted by Gasteiger charge is 2.46. The highest BCUT2D eigenvalue weighted by atomic mass is 35.5. The number of ether oxygens (including phenoxy) is 1. The number of amides is 1. The molecular weight excluding hydrogens is 426 g/mol. The largest absolute Gasteiger partial charge is 0.448 e. The van der Waals surface area contributed by atoms with Crippen molar-refractivity contribution in [3.8, 4) is 0 Å². The van der Waals surface area contributed by atoms with Gasteiger partial charge in [0, 0.05) is 31.2 Å². The Balaban J connectivity index is 1.75. The number of sulfonamides is 1. The van der Waals surface area contributed by atoms with Crippen molar-refractivity contribution in [3.63, 3.8) is 0 Å². The van der Waals surface area contributed by atoms with Gasteiger partial charge < -0.3 is 14.5 Å². The van der Waals surface area contributed by atoms with E-state index in [2.05, 4.69) is 0 Å². The number of halogens is 1. The van der Waals surface area contributed by atoms with E-state index in [-0.39, 0.29) is 23.6 Å². The zero-order chi connectivity index (χ0) is 21.9. The Bertz CT molecular complexity index is 827. The first-order valence-electron chi connectivity index (χ1n) is 10.5. The van der Waals surface area contributed by atoms with E-state index in [0.717, 1.165) is 32.2 Å². The molecule has 0 radical (unpaired) electrons. The molecule has 1 aliphatic heterocycles. The minimum atomic E-state index is -3.71. The van der Waals surface area contributed by atoms with E-state index in [1.807, 2.05) is 19.0 Å². The summed E-state index contributed by atoms with van der Waals surface area (Å²) in [6.45, 7) is 1.35. The van der Waals surface area contributed by atoms with E-state index >= 15 is 0 Å². The molecule has 1 aromatic carbocycles. The Labute approximate surface area is 185 Å². The summed E-state index contributed by atoms with van der Waals surface area (Å²) in [7, 11) is 1.87. The zero-order valence-electron chi connectivity index (χ0n) is 18.0. The summed E-state index contributed by atoms with van der Waals surface area (Å²) in [6, 6.07) is 5.91. The van der Waals surface area contributed by atoms with Crippen molar-refractivity contribution in [1.29, 1.82) is 0 Å². The number of benzene rings is 1. The average molecular weight is 458 g/mol. The van der Waals surface area contributed by atoms with Gasteiger partial charge in [-0.05, 0) is 70.0 Å². The molecule has 168 valence electrons. The van der Waals surface area contributed by atoms with E-state index in [0.29, 0.717) is 23.9 Å². The normalized spacial score (nSPS) is 22.8. The van der Waals surface area contributed by atoms with Crippen LogP contribution in [0.25, 0.3) is 0 Å². The van der Waals surface area contributed by atoms with Crippen molar-refractivity contribution in [2.24, 2.45) is 5.92 Å². The van der Waals surface area contributed by atoms with E-state index < -0.39 is 16.1 Å². The van der Waals surface area contributed by atoms with E-state index in [9.17, 15) is 13.2 Å². The van der Waals surface area contributed by atoms with Crippen molar-refractivity contribution in [3.05, 3.63) is 29.3 Å². The van der Waals surface area contributed by atoms with Gasteiger partial charge in [0.15, 0.2) is 0 Å². The van der Waals surface area contributed by atoms with Crippen LogP contribution in [0, 0.1) is 5.92 Å². The summed E-state index contributed by atoms with van der Waals surface area (Å²) in [5, 5.41) is 0.498. The first-order chi connectivity index (χ1) is 14.2. The number of piperidine rings is 1. The molecule has 1 heterocycles. The van der Waals surface area contributed by atoms with Crippen LogP contribution in [0.1, 0.15) is 32.1 Å². The second-order valence-electron chi connectivity index (χ2n) is 8.58. The smallest absolute Gasteiger partial charge is 0.409 e. The molecule has 1 amide bonds. The predicted molar refractivity (Wildman–Crippen MR) is 117 cm³/mol. The minimum Gasteiger partial charge on any atom is -0.448 e. The standard InChI is InChI=1S/C21H32ClN3O4S/c1-23(2)13-14-24(3)21(26)29-15-18-5-4-6-20(16-7-8-16)25(18)30(27,28)19-11-9-17(22)10-12-19/h9-12,16,18,20H,4-8,13-15H2,1-3H3. The first-order valence-corrected chi connectivity index (χ1v) is 12.3. The SMILES string of the molecule is CN(C)CCN(C)C(=O)OCC1CCCC(C2CC2)N1S(=O)(=O)c1ccc(Cl)cc1. The van der Waals surface area contributed by atoms with Crippen LogP contribution in [0.5, 0.6) is 0 Å². The fourth-order valence-corrected chi connectivity index (χ4v) is 6.03. The monoisotopic (exact) mass is 457 g/mol. The number of rotatable bonds is 8. The molecule has 1 saturated carbocycles. The van der Waals surface area contributed by atoms with Crippen molar-refractivity contribution >= 4 is 27.7 Å². The van der Waals surface area contributed by atoms with Crippen molar-refractivity contribution < 1.29 is 17.9 Å². The minimum absolute atomic E-state index is 0.0328. The van der Waals surface area contributed by atoms with Gasteiger partial charge in [0.2, 0.25) is 10.0 Å². The molecule has 1 aliphatic carbocycles. The molecule has 7 nitrogen and oxygen atoms in total. The van der Waals surface area contributed by atoms with Crippen molar-refractivity contribution in [2.75, 3.05) is 40.8 Å². The van der Waals surface area contributed by atoms with Gasteiger partial charge in [0.1, 0.15) is 6.61 Å². The van der Waals surface area contributed by atoms with Gasteiger partial charge in [0.25, 0.3) is 0 Å². The molecule has 2 aliphatic rings. The van der Waals surface area contributed by atoms with Crippen LogP contribution in [-0.2, 0) is 14.8 Å². The van der Waals surface area contributed by atoms with Gasteiger partial charge in [-0.25, -0.2) is 13.2 Å². The summed E-state index contributed by atoms with van der Waals surface area (Å²) in [4.78, 5) is 16.1. The molecular formula is C21H32ClN3O4S. The van der Waals surface area contributed by atoms with Crippen molar-refractivity contribution in [1.82, 2.24) is 14.1 Å². The Hall–Kier alpha value is -1.35. The molecule has 0 aromatic heterocycles. The van der Waals surface area contributed by atoms with Crippen LogP contribution in [0.15, 0.2) is 29.2 Å². The van der Waals surface area contributed by atoms with Gasteiger partial charge in [-0.3, -0.25) is 0 Å². The summed E-state index contributed by atoms with van der Waals surface area (Å²) in [6.07, 6.45) is 4.16. The van der Waals surface area contributed by atoms with Gasteiger partial charge in [-0.15, -0.1) is 0 Å². The van der Waals surface area contributed by atoms with Crippen molar-refractivity contribution in [2.45, 2.75) is 49.1 Å². The van der Waals surface area contributed by atoms with E-state index in [4.69, 9.17) is 16.3 Å². The molecule has 2 unspecified atom stereocenters. The highest BCUT2D eigenvalue weighted by molar-refractivity contribution is 7.89. The first kappa shape index (κ1) is 23.3. The van der Waals surface area contributed by atoms with Crippen LogP contribution in [-0.4, -0.2) is 81.5 Å². The van der Waals surface area contributed by atoms with E-state index in [1.54, 1.807) is 35.6 Å². The lowest BCUT2D eigenvalue weighted by Crippen LogP contribution is -2.53. The van der Waals surface area contributed by atoms with Crippen LogP contribution in [0.4, 0.5) is 4.79 Å². The predicted octanol–water partition coefficient (Wildman–Crippen LogP) is 3.29. The van der Waals surface area contributed by atoms with Crippen LogP contribution in [0.3, 0.4) is 0 Å². The summed E-state index contributed by atoms with van der Waals surface area (Å²) in [5.41, 5.74) is 0. The maximum absolute atomic E-state index is 13.5. The number of carbonyl (C=O) groups excluding carboxylic acids is 1. The molecule has 1 saturated heterocycles. The highest BCUT2D eigenvalue weighted by Crippen LogP contribution is 2.43. The van der Waals surface area contributed by atoms with Gasteiger partial charge in [-0.2, -0.15) is 4.31 Å². The van der Waals surface area contributed by atoms with Gasteiger partial charge in [0.05, 0.1) is 10.9 Å². The maximum atomic E-state index is 13.5.